The molecule has 0 aromatic heterocycles. The first-order valence-electron chi connectivity index (χ1n) is 5.65. The van der Waals surface area contributed by atoms with E-state index in [1.54, 1.807) is 0 Å². The van der Waals surface area contributed by atoms with Crippen LogP contribution in [0.3, 0.4) is 0 Å². The van der Waals surface area contributed by atoms with Crippen LogP contribution in [-0.4, -0.2) is 17.4 Å². The fourth-order valence-electron chi connectivity index (χ4n) is 1.92. The lowest BCUT2D eigenvalue weighted by Gasteiger charge is -2.12. The third kappa shape index (κ3) is 4.60. The molecule has 1 amide bonds. The lowest BCUT2D eigenvalue weighted by Crippen LogP contribution is -2.34. The minimum atomic E-state index is 0.0903. The van der Waals surface area contributed by atoms with Crippen LogP contribution in [0, 0.1) is 11.8 Å². The summed E-state index contributed by atoms with van der Waals surface area (Å²) in [5, 5.41) is 2.88. The number of carbonyl (C=O) groups excluding carboxylic acids is 1. The van der Waals surface area contributed by atoms with Crippen LogP contribution < -0.4 is 11.1 Å². The highest BCUT2D eigenvalue weighted by Gasteiger charge is 2.18. The number of carbonyl (C=O) groups is 1. The van der Waals surface area contributed by atoms with Crippen molar-refractivity contribution in [2.24, 2.45) is 17.6 Å². The highest BCUT2D eigenvalue weighted by Crippen LogP contribution is 2.27. The van der Waals surface area contributed by atoms with Crippen LogP contribution in [0.25, 0.3) is 0 Å². The normalized spacial score (nSPS) is 18.7. The lowest BCUT2D eigenvalue weighted by molar-refractivity contribution is -0.122. The van der Waals surface area contributed by atoms with Gasteiger partial charge in [0.05, 0.1) is 4.99 Å². The maximum Gasteiger partial charge on any atom is 0.220 e. The van der Waals surface area contributed by atoms with E-state index in [-0.39, 0.29) is 11.8 Å². The Morgan fingerprint density at radius 1 is 1.53 bits per heavy atom. The third-order valence-electron chi connectivity index (χ3n) is 3.04. The molecule has 4 heteroatoms. The average Bonchev–Trinajstić information content (AvgIpc) is 2.66. The molecule has 0 radical (unpaired) electrons. The van der Waals surface area contributed by atoms with Crippen LogP contribution in [0.15, 0.2) is 0 Å². The quantitative estimate of drug-likeness (QED) is 0.703. The van der Waals surface area contributed by atoms with Crippen molar-refractivity contribution in [3.05, 3.63) is 0 Å². The molecule has 0 aromatic carbocycles. The highest BCUT2D eigenvalue weighted by atomic mass is 32.1. The van der Waals surface area contributed by atoms with Crippen molar-refractivity contribution in [3.8, 4) is 0 Å². The molecule has 1 saturated carbocycles. The standard InChI is InChI=1S/C11H20N2OS/c1-8(11(12)15)7-13-10(14)6-9-4-2-3-5-9/h8-9H,2-7H2,1H3,(H2,12,15)(H,13,14). The largest absolute Gasteiger partial charge is 0.393 e. The van der Waals surface area contributed by atoms with Crippen molar-refractivity contribution in [1.82, 2.24) is 5.32 Å². The Morgan fingerprint density at radius 2 is 2.13 bits per heavy atom. The molecule has 0 saturated heterocycles. The molecule has 0 spiro atoms. The van der Waals surface area contributed by atoms with Crippen LogP contribution in [0.2, 0.25) is 0 Å². The summed E-state index contributed by atoms with van der Waals surface area (Å²) in [7, 11) is 0. The second-order valence-corrected chi connectivity index (χ2v) is 4.93. The Hall–Kier alpha value is -0.640. The second-order valence-electron chi connectivity index (χ2n) is 4.46. The van der Waals surface area contributed by atoms with Crippen molar-refractivity contribution >= 4 is 23.1 Å². The highest BCUT2D eigenvalue weighted by molar-refractivity contribution is 7.80. The van der Waals surface area contributed by atoms with E-state index < -0.39 is 0 Å². The van der Waals surface area contributed by atoms with Crippen molar-refractivity contribution in [2.45, 2.75) is 39.0 Å². The zero-order valence-electron chi connectivity index (χ0n) is 9.29. The van der Waals surface area contributed by atoms with Gasteiger partial charge in [-0.1, -0.05) is 32.0 Å². The van der Waals surface area contributed by atoms with Crippen molar-refractivity contribution in [1.29, 1.82) is 0 Å². The Balaban J connectivity index is 2.15. The van der Waals surface area contributed by atoms with E-state index in [2.05, 4.69) is 5.32 Å². The van der Waals surface area contributed by atoms with Crippen LogP contribution in [0.1, 0.15) is 39.0 Å². The predicted molar refractivity (Wildman–Crippen MR) is 65.5 cm³/mol. The molecule has 0 aliphatic heterocycles. The van der Waals surface area contributed by atoms with E-state index in [0.717, 1.165) is 0 Å². The first kappa shape index (κ1) is 12.4. The van der Waals surface area contributed by atoms with Gasteiger partial charge in [-0.2, -0.15) is 0 Å². The maximum absolute atomic E-state index is 11.5. The lowest BCUT2D eigenvalue weighted by atomic mass is 10.0. The van der Waals surface area contributed by atoms with E-state index in [1.807, 2.05) is 6.92 Å². The van der Waals surface area contributed by atoms with Crippen LogP contribution in [0.4, 0.5) is 0 Å². The molecular formula is C11H20N2OS. The molecule has 1 atom stereocenters. The first-order valence-corrected chi connectivity index (χ1v) is 6.06. The molecule has 1 unspecified atom stereocenters. The smallest absolute Gasteiger partial charge is 0.220 e. The Labute approximate surface area is 96.8 Å². The predicted octanol–water partition coefficient (Wildman–Crippen LogP) is 1.61. The van der Waals surface area contributed by atoms with E-state index in [9.17, 15) is 4.79 Å². The van der Waals surface area contributed by atoms with Crippen molar-refractivity contribution in [2.75, 3.05) is 6.54 Å². The SMILES string of the molecule is CC(CNC(=O)CC1CCCC1)C(N)=S. The van der Waals surface area contributed by atoms with Gasteiger partial charge in [-0.05, 0) is 18.8 Å². The summed E-state index contributed by atoms with van der Waals surface area (Å²) in [5.41, 5.74) is 5.47. The molecule has 1 fully saturated rings. The van der Waals surface area contributed by atoms with Gasteiger partial charge in [0, 0.05) is 18.9 Å². The van der Waals surface area contributed by atoms with Gasteiger partial charge in [0.15, 0.2) is 0 Å². The molecule has 3 nitrogen and oxygen atoms in total. The molecule has 1 aliphatic rings. The first-order chi connectivity index (χ1) is 7.09. The zero-order chi connectivity index (χ0) is 11.3. The topological polar surface area (TPSA) is 55.1 Å². The summed E-state index contributed by atoms with van der Waals surface area (Å²) in [6.45, 7) is 2.50. The summed E-state index contributed by atoms with van der Waals surface area (Å²) < 4.78 is 0. The fourth-order valence-corrected chi connectivity index (χ4v) is 2.00. The third-order valence-corrected chi connectivity index (χ3v) is 3.44. The zero-order valence-corrected chi connectivity index (χ0v) is 10.1. The number of hydrogen-bond donors (Lipinski definition) is 2. The molecular weight excluding hydrogens is 208 g/mol. The van der Waals surface area contributed by atoms with Gasteiger partial charge >= 0.3 is 0 Å². The Bertz CT molecular complexity index is 237. The molecule has 0 heterocycles. The number of rotatable bonds is 5. The number of nitrogens with two attached hydrogens (primary N) is 1. The van der Waals surface area contributed by atoms with Crippen LogP contribution in [0.5, 0.6) is 0 Å². The van der Waals surface area contributed by atoms with E-state index >= 15 is 0 Å². The van der Waals surface area contributed by atoms with Gasteiger partial charge in [-0.3, -0.25) is 4.79 Å². The summed E-state index contributed by atoms with van der Waals surface area (Å²) in [5.74, 6) is 0.836. The minimum Gasteiger partial charge on any atom is -0.393 e. The van der Waals surface area contributed by atoms with Gasteiger partial charge in [-0.15, -0.1) is 0 Å². The monoisotopic (exact) mass is 228 g/mol. The number of hydrogen-bond acceptors (Lipinski definition) is 2. The molecule has 3 N–H and O–H groups in total. The van der Waals surface area contributed by atoms with E-state index in [4.69, 9.17) is 18.0 Å². The Morgan fingerprint density at radius 3 is 2.67 bits per heavy atom. The summed E-state index contributed by atoms with van der Waals surface area (Å²) in [6, 6.07) is 0. The Kier molecular flexibility index (Phi) is 5.02. The number of thiocarbonyl (C=S) groups is 1. The number of nitrogens with one attached hydrogen (secondary N) is 1. The molecule has 15 heavy (non-hydrogen) atoms. The fraction of sp³-hybridized carbons (Fsp3) is 0.818. The van der Waals surface area contributed by atoms with E-state index in [1.165, 1.54) is 25.7 Å². The number of amides is 1. The van der Waals surface area contributed by atoms with Crippen molar-refractivity contribution in [3.63, 3.8) is 0 Å². The second kappa shape index (κ2) is 6.05. The van der Waals surface area contributed by atoms with E-state index in [0.29, 0.717) is 23.9 Å². The summed E-state index contributed by atoms with van der Waals surface area (Å²) >= 11 is 4.84. The van der Waals surface area contributed by atoms with Gasteiger partial charge in [0.1, 0.15) is 0 Å². The summed E-state index contributed by atoms with van der Waals surface area (Å²) in [6.07, 6.45) is 5.64. The maximum atomic E-state index is 11.5. The van der Waals surface area contributed by atoms with Crippen LogP contribution in [-0.2, 0) is 4.79 Å². The molecule has 86 valence electrons. The van der Waals surface area contributed by atoms with Gasteiger partial charge in [-0.25, -0.2) is 0 Å². The summed E-state index contributed by atoms with van der Waals surface area (Å²) in [4.78, 5) is 12.0. The van der Waals surface area contributed by atoms with Crippen molar-refractivity contribution < 1.29 is 4.79 Å². The van der Waals surface area contributed by atoms with Gasteiger partial charge in [0.25, 0.3) is 0 Å². The van der Waals surface area contributed by atoms with Gasteiger partial charge < -0.3 is 11.1 Å². The minimum absolute atomic E-state index is 0.0903. The average molecular weight is 228 g/mol. The molecule has 0 aromatic rings. The van der Waals surface area contributed by atoms with Crippen LogP contribution >= 0.6 is 12.2 Å². The van der Waals surface area contributed by atoms with Gasteiger partial charge in [0.2, 0.25) is 5.91 Å². The molecule has 1 aliphatic carbocycles. The molecule has 1 rings (SSSR count). The molecule has 0 bridgehead atoms.